The van der Waals surface area contributed by atoms with Gasteiger partial charge in [0.05, 0.1) is 19.1 Å². The lowest BCUT2D eigenvalue weighted by atomic mass is 9.83. The predicted octanol–water partition coefficient (Wildman–Crippen LogP) is 4.74. The number of likely N-dealkylation sites (tertiary alicyclic amines) is 1. The summed E-state index contributed by atoms with van der Waals surface area (Å²) in [6.45, 7) is 3.17. The molecule has 1 saturated heterocycles. The summed E-state index contributed by atoms with van der Waals surface area (Å²) in [6.07, 6.45) is 2.84. The van der Waals surface area contributed by atoms with Crippen LogP contribution in [0.2, 0.25) is 5.02 Å². The van der Waals surface area contributed by atoms with E-state index in [1.54, 1.807) is 7.11 Å². The maximum Gasteiger partial charge on any atom is 0.225 e. The molecule has 0 bridgehead atoms. The number of hydrogen-bond donors (Lipinski definition) is 1. The standard InChI is InChI=1S/C24H29ClN2O3/c1-3-4-14-27-22(28)13-12-21(23(27)18-8-10-20(30-2)11-9-18)24(29)26-16-17-6-5-7-19(25)15-17/h5-11,15,21,23H,3-4,12-14,16H2,1-2H3,(H,26,29). The number of hydrogen-bond acceptors (Lipinski definition) is 3. The van der Waals surface area contributed by atoms with Crippen LogP contribution in [0, 0.1) is 5.92 Å². The van der Waals surface area contributed by atoms with E-state index in [0.717, 1.165) is 29.7 Å². The fourth-order valence-corrected chi connectivity index (χ4v) is 4.21. The van der Waals surface area contributed by atoms with Crippen molar-refractivity contribution in [3.8, 4) is 5.75 Å². The molecule has 0 aromatic heterocycles. The second-order valence-electron chi connectivity index (χ2n) is 7.65. The molecule has 0 aliphatic carbocycles. The van der Waals surface area contributed by atoms with Crippen LogP contribution in [-0.2, 0) is 16.1 Å². The molecule has 30 heavy (non-hydrogen) atoms. The van der Waals surface area contributed by atoms with Crippen molar-refractivity contribution in [3.63, 3.8) is 0 Å². The molecule has 2 atom stereocenters. The van der Waals surface area contributed by atoms with Crippen LogP contribution in [0.4, 0.5) is 0 Å². The Morgan fingerprint density at radius 2 is 2.00 bits per heavy atom. The van der Waals surface area contributed by atoms with Crippen molar-refractivity contribution < 1.29 is 14.3 Å². The summed E-state index contributed by atoms with van der Waals surface area (Å²) < 4.78 is 5.27. The zero-order valence-electron chi connectivity index (χ0n) is 17.6. The lowest BCUT2D eigenvalue weighted by Crippen LogP contribution is -2.48. The molecular weight excluding hydrogens is 400 g/mol. The minimum Gasteiger partial charge on any atom is -0.497 e. The number of amides is 2. The molecule has 2 aromatic rings. The van der Waals surface area contributed by atoms with Crippen LogP contribution in [0.5, 0.6) is 5.75 Å². The van der Waals surface area contributed by atoms with E-state index in [1.165, 1.54) is 0 Å². The van der Waals surface area contributed by atoms with E-state index in [-0.39, 0.29) is 23.8 Å². The maximum absolute atomic E-state index is 13.2. The number of methoxy groups -OCH3 is 1. The average Bonchev–Trinajstić information content (AvgIpc) is 2.76. The fraction of sp³-hybridized carbons (Fsp3) is 0.417. The summed E-state index contributed by atoms with van der Waals surface area (Å²) in [5.74, 6) is 0.531. The van der Waals surface area contributed by atoms with Crippen molar-refractivity contribution in [2.75, 3.05) is 13.7 Å². The molecule has 160 valence electrons. The van der Waals surface area contributed by atoms with Crippen molar-refractivity contribution in [2.24, 2.45) is 5.92 Å². The summed E-state index contributed by atoms with van der Waals surface area (Å²) in [5.41, 5.74) is 1.91. The number of ether oxygens (including phenoxy) is 1. The maximum atomic E-state index is 13.2. The second-order valence-corrected chi connectivity index (χ2v) is 8.09. The highest BCUT2D eigenvalue weighted by Gasteiger charge is 2.40. The van der Waals surface area contributed by atoms with Gasteiger partial charge < -0.3 is 15.0 Å². The zero-order valence-corrected chi connectivity index (χ0v) is 18.3. The number of halogens is 1. The van der Waals surface area contributed by atoms with E-state index in [4.69, 9.17) is 16.3 Å². The number of rotatable bonds is 8. The molecule has 0 spiro atoms. The fourth-order valence-electron chi connectivity index (χ4n) is 4.00. The molecule has 0 radical (unpaired) electrons. The van der Waals surface area contributed by atoms with Gasteiger partial charge in [-0.05, 0) is 48.2 Å². The van der Waals surface area contributed by atoms with Crippen molar-refractivity contribution in [1.29, 1.82) is 0 Å². The lowest BCUT2D eigenvalue weighted by molar-refractivity contribution is -0.143. The van der Waals surface area contributed by atoms with E-state index in [2.05, 4.69) is 12.2 Å². The molecule has 2 unspecified atom stereocenters. The van der Waals surface area contributed by atoms with Crippen LogP contribution >= 0.6 is 11.6 Å². The van der Waals surface area contributed by atoms with Gasteiger partial charge in [0.25, 0.3) is 0 Å². The third-order valence-corrected chi connectivity index (χ3v) is 5.84. The van der Waals surface area contributed by atoms with E-state index in [0.29, 0.717) is 31.0 Å². The monoisotopic (exact) mass is 428 g/mol. The van der Waals surface area contributed by atoms with Gasteiger partial charge in [0.2, 0.25) is 11.8 Å². The zero-order chi connectivity index (χ0) is 21.5. The van der Waals surface area contributed by atoms with Crippen LogP contribution in [0.15, 0.2) is 48.5 Å². The highest BCUT2D eigenvalue weighted by Crippen LogP contribution is 2.37. The predicted molar refractivity (Wildman–Crippen MR) is 118 cm³/mol. The molecule has 2 amide bonds. The van der Waals surface area contributed by atoms with Crippen molar-refractivity contribution in [2.45, 2.75) is 45.2 Å². The Kier molecular flexibility index (Phi) is 7.75. The largest absolute Gasteiger partial charge is 0.497 e. The normalized spacial score (nSPS) is 18.9. The number of carbonyl (C=O) groups is 2. The molecule has 5 nitrogen and oxygen atoms in total. The Morgan fingerprint density at radius 1 is 1.23 bits per heavy atom. The molecule has 1 N–H and O–H groups in total. The minimum absolute atomic E-state index is 0.0372. The van der Waals surface area contributed by atoms with Crippen LogP contribution in [0.3, 0.4) is 0 Å². The highest BCUT2D eigenvalue weighted by molar-refractivity contribution is 6.30. The SMILES string of the molecule is CCCCN1C(=O)CCC(C(=O)NCc2cccc(Cl)c2)C1c1ccc(OC)cc1. The van der Waals surface area contributed by atoms with Crippen molar-refractivity contribution >= 4 is 23.4 Å². The molecular formula is C24H29ClN2O3. The smallest absolute Gasteiger partial charge is 0.225 e. The first kappa shape index (κ1) is 22.2. The van der Waals surface area contributed by atoms with Crippen molar-refractivity contribution in [1.82, 2.24) is 10.2 Å². The van der Waals surface area contributed by atoms with Crippen LogP contribution in [0.25, 0.3) is 0 Å². The number of nitrogens with one attached hydrogen (secondary N) is 1. The first-order valence-corrected chi connectivity index (χ1v) is 10.9. The molecule has 3 rings (SSSR count). The molecule has 1 aliphatic rings. The first-order valence-electron chi connectivity index (χ1n) is 10.5. The van der Waals surface area contributed by atoms with E-state index in [9.17, 15) is 9.59 Å². The van der Waals surface area contributed by atoms with E-state index in [1.807, 2.05) is 53.4 Å². The molecule has 1 heterocycles. The molecule has 1 fully saturated rings. The van der Waals surface area contributed by atoms with Gasteiger partial charge in [-0.1, -0.05) is 49.2 Å². The quantitative estimate of drug-likeness (QED) is 0.660. The van der Waals surface area contributed by atoms with Gasteiger partial charge >= 0.3 is 0 Å². The summed E-state index contributed by atoms with van der Waals surface area (Å²) in [5, 5.41) is 3.69. The molecule has 0 saturated carbocycles. The van der Waals surface area contributed by atoms with Gasteiger partial charge in [0.15, 0.2) is 0 Å². The van der Waals surface area contributed by atoms with Gasteiger partial charge in [-0.25, -0.2) is 0 Å². The number of benzene rings is 2. The summed E-state index contributed by atoms with van der Waals surface area (Å²) in [6, 6.07) is 14.9. The van der Waals surface area contributed by atoms with Gasteiger partial charge in [0.1, 0.15) is 5.75 Å². The van der Waals surface area contributed by atoms with Crippen molar-refractivity contribution in [3.05, 3.63) is 64.7 Å². The van der Waals surface area contributed by atoms with E-state index < -0.39 is 0 Å². The molecule has 6 heteroatoms. The van der Waals surface area contributed by atoms with Gasteiger partial charge in [-0.15, -0.1) is 0 Å². The Hall–Kier alpha value is -2.53. The highest BCUT2D eigenvalue weighted by atomic mass is 35.5. The Morgan fingerprint density at radius 3 is 2.67 bits per heavy atom. The Labute approximate surface area is 183 Å². The number of carbonyl (C=O) groups excluding carboxylic acids is 2. The average molecular weight is 429 g/mol. The van der Waals surface area contributed by atoms with E-state index >= 15 is 0 Å². The molecule has 2 aromatic carbocycles. The van der Waals surface area contributed by atoms with Crippen LogP contribution < -0.4 is 10.1 Å². The number of nitrogens with zero attached hydrogens (tertiary/aromatic N) is 1. The third-order valence-electron chi connectivity index (χ3n) is 5.61. The van der Waals surface area contributed by atoms with Gasteiger partial charge in [0, 0.05) is 24.5 Å². The number of piperidine rings is 1. The third kappa shape index (κ3) is 5.33. The summed E-state index contributed by atoms with van der Waals surface area (Å²) >= 11 is 6.05. The summed E-state index contributed by atoms with van der Waals surface area (Å²) in [7, 11) is 1.62. The van der Waals surface area contributed by atoms with Crippen LogP contribution in [-0.4, -0.2) is 30.4 Å². The second kappa shape index (κ2) is 10.5. The Balaban J connectivity index is 1.83. The first-order chi connectivity index (χ1) is 14.5. The van der Waals surface area contributed by atoms with Gasteiger partial charge in [-0.3, -0.25) is 9.59 Å². The van der Waals surface area contributed by atoms with Gasteiger partial charge in [-0.2, -0.15) is 0 Å². The lowest BCUT2D eigenvalue weighted by Gasteiger charge is -2.41. The topological polar surface area (TPSA) is 58.6 Å². The summed E-state index contributed by atoms with van der Waals surface area (Å²) in [4.78, 5) is 27.8. The molecule has 1 aliphatic heterocycles. The Bertz CT molecular complexity index is 869. The minimum atomic E-state index is -0.299. The number of unbranched alkanes of at least 4 members (excludes halogenated alkanes) is 1. The van der Waals surface area contributed by atoms with Crippen LogP contribution in [0.1, 0.15) is 49.8 Å².